The van der Waals surface area contributed by atoms with Crippen molar-refractivity contribution >= 4 is 21.6 Å². The molecular weight excluding hydrogens is 409 g/mol. The summed E-state index contributed by atoms with van der Waals surface area (Å²) in [6.07, 6.45) is 0. The molecule has 0 radical (unpaired) electrons. The van der Waals surface area contributed by atoms with E-state index in [1.165, 1.54) is 43.5 Å². The Kier molecular flexibility index (Phi) is 6.94. The maximum absolute atomic E-state index is 13.4. The second-order valence-electron chi connectivity index (χ2n) is 6.98. The van der Waals surface area contributed by atoms with Crippen LogP contribution in [0.3, 0.4) is 0 Å². The maximum Gasteiger partial charge on any atom is 0.264 e. The Bertz CT molecular complexity index is 957. The van der Waals surface area contributed by atoms with Crippen LogP contribution < -0.4 is 9.04 Å². The fourth-order valence-electron chi connectivity index (χ4n) is 3.33. The number of amides is 1. The van der Waals surface area contributed by atoms with E-state index in [0.29, 0.717) is 18.8 Å². The van der Waals surface area contributed by atoms with Crippen molar-refractivity contribution in [3.8, 4) is 5.75 Å². The summed E-state index contributed by atoms with van der Waals surface area (Å²) in [5, 5.41) is 0. The third kappa shape index (κ3) is 4.91. The molecule has 9 heteroatoms. The molecule has 1 saturated heterocycles. The molecule has 2 aromatic rings. The summed E-state index contributed by atoms with van der Waals surface area (Å²) >= 11 is 0. The van der Waals surface area contributed by atoms with Gasteiger partial charge in [0, 0.05) is 26.2 Å². The highest BCUT2D eigenvalue weighted by Crippen LogP contribution is 2.25. The molecule has 1 aliphatic heterocycles. The Balaban J connectivity index is 1.88. The van der Waals surface area contributed by atoms with E-state index in [1.54, 1.807) is 17.0 Å². The van der Waals surface area contributed by atoms with E-state index in [9.17, 15) is 17.6 Å². The van der Waals surface area contributed by atoms with Crippen LogP contribution >= 0.6 is 0 Å². The monoisotopic (exact) mass is 435 g/mol. The number of halogens is 1. The third-order valence-corrected chi connectivity index (χ3v) is 7.00. The largest absolute Gasteiger partial charge is 0.497 e. The Morgan fingerprint density at radius 2 is 1.63 bits per heavy atom. The molecule has 0 aliphatic carbocycles. The summed E-state index contributed by atoms with van der Waals surface area (Å²) in [7, 11) is -2.55. The Morgan fingerprint density at radius 1 is 1.03 bits per heavy atom. The number of likely N-dealkylation sites (N-methyl/N-ethyl adjacent to an activating group) is 1. The summed E-state index contributed by atoms with van der Waals surface area (Å²) in [4.78, 5) is 16.9. The molecule has 1 heterocycles. The van der Waals surface area contributed by atoms with Crippen molar-refractivity contribution in [2.45, 2.75) is 11.8 Å². The molecule has 0 N–H and O–H groups in total. The second-order valence-corrected chi connectivity index (χ2v) is 8.84. The molecule has 2 aromatic carbocycles. The zero-order valence-corrected chi connectivity index (χ0v) is 17.9. The zero-order chi connectivity index (χ0) is 21.7. The van der Waals surface area contributed by atoms with Gasteiger partial charge >= 0.3 is 0 Å². The summed E-state index contributed by atoms with van der Waals surface area (Å²) in [6.45, 7) is 5.23. The standard InChI is InChI=1S/C21H26FN3O4S/c1-3-23-12-14-24(15-13-23)21(26)16-25(18-6-4-17(22)5-7-18)30(27,28)20-10-8-19(29-2)9-11-20/h4-11H,3,12-16H2,1-2H3. The van der Waals surface area contributed by atoms with Crippen molar-refractivity contribution in [2.24, 2.45) is 0 Å². The van der Waals surface area contributed by atoms with Gasteiger partial charge in [0.05, 0.1) is 17.7 Å². The molecule has 30 heavy (non-hydrogen) atoms. The van der Waals surface area contributed by atoms with E-state index < -0.39 is 15.8 Å². The highest BCUT2D eigenvalue weighted by atomic mass is 32.2. The van der Waals surface area contributed by atoms with Gasteiger partial charge in [-0.1, -0.05) is 6.92 Å². The molecular formula is C21H26FN3O4S. The molecule has 7 nitrogen and oxygen atoms in total. The molecule has 0 aromatic heterocycles. The number of anilines is 1. The van der Waals surface area contributed by atoms with E-state index in [2.05, 4.69) is 11.8 Å². The fourth-order valence-corrected chi connectivity index (χ4v) is 4.75. The van der Waals surface area contributed by atoms with Crippen molar-refractivity contribution in [3.05, 3.63) is 54.3 Å². The van der Waals surface area contributed by atoms with Gasteiger partial charge in [0.15, 0.2) is 0 Å². The first-order valence-corrected chi connectivity index (χ1v) is 11.2. The minimum Gasteiger partial charge on any atom is -0.497 e. The number of sulfonamides is 1. The van der Waals surface area contributed by atoms with Gasteiger partial charge in [-0.25, -0.2) is 12.8 Å². The summed E-state index contributed by atoms with van der Waals surface area (Å²) in [6, 6.07) is 11.0. The van der Waals surface area contributed by atoms with Gasteiger partial charge in [0.1, 0.15) is 18.1 Å². The average Bonchev–Trinajstić information content (AvgIpc) is 2.78. The van der Waals surface area contributed by atoms with Crippen LogP contribution in [-0.2, 0) is 14.8 Å². The number of benzene rings is 2. The minimum absolute atomic E-state index is 0.0243. The molecule has 1 fully saturated rings. The van der Waals surface area contributed by atoms with Crippen LogP contribution in [-0.4, -0.2) is 70.5 Å². The van der Waals surface area contributed by atoms with Crippen LogP contribution in [0.15, 0.2) is 53.4 Å². The van der Waals surface area contributed by atoms with E-state index in [0.717, 1.165) is 23.9 Å². The Labute approximate surface area is 176 Å². The van der Waals surface area contributed by atoms with Crippen molar-refractivity contribution in [3.63, 3.8) is 0 Å². The minimum atomic E-state index is -4.04. The maximum atomic E-state index is 13.4. The van der Waals surface area contributed by atoms with Crippen LogP contribution in [0.1, 0.15) is 6.92 Å². The van der Waals surface area contributed by atoms with Gasteiger partial charge in [0.25, 0.3) is 10.0 Å². The van der Waals surface area contributed by atoms with E-state index in [4.69, 9.17) is 4.74 Å². The molecule has 0 saturated carbocycles. The molecule has 0 atom stereocenters. The molecule has 0 bridgehead atoms. The Morgan fingerprint density at radius 3 is 2.17 bits per heavy atom. The van der Waals surface area contributed by atoms with Crippen LogP contribution in [0.4, 0.5) is 10.1 Å². The number of rotatable bonds is 7. The first-order chi connectivity index (χ1) is 14.3. The lowest BCUT2D eigenvalue weighted by Gasteiger charge is -2.35. The topological polar surface area (TPSA) is 70.2 Å². The SMILES string of the molecule is CCN1CCN(C(=O)CN(c2ccc(F)cc2)S(=O)(=O)c2ccc(OC)cc2)CC1. The number of piperazine rings is 1. The number of carbonyl (C=O) groups excluding carboxylic acids is 1. The molecule has 1 aliphatic rings. The lowest BCUT2D eigenvalue weighted by Crippen LogP contribution is -2.51. The number of nitrogens with zero attached hydrogens (tertiary/aromatic N) is 3. The van der Waals surface area contributed by atoms with Crippen LogP contribution in [0, 0.1) is 5.82 Å². The first kappa shape index (κ1) is 22.0. The van der Waals surface area contributed by atoms with E-state index >= 15 is 0 Å². The highest BCUT2D eigenvalue weighted by Gasteiger charge is 2.30. The molecule has 0 spiro atoms. The average molecular weight is 436 g/mol. The first-order valence-electron chi connectivity index (χ1n) is 9.77. The van der Waals surface area contributed by atoms with Gasteiger partial charge < -0.3 is 14.5 Å². The Hall–Kier alpha value is -2.65. The highest BCUT2D eigenvalue weighted by molar-refractivity contribution is 7.92. The van der Waals surface area contributed by atoms with Crippen molar-refractivity contribution in [1.82, 2.24) is 9.80 Å². The molecule has 1 amide bonds. The summed E-state index contributed by atoms with van der Waals surface area (Å²) < 4.78 is 46.2. The van der Waals surface area contributed by atoms with Gasteiger partial charge in [0.2, 0.25) is 5.91 Å². The van der Waals surface area contributed by atoms with Gasteiger partial charge in [-0.3, -0.25) is 9.10 Å². The van der Waals surface area contributed by atoms with Gasteiger partial charge in [-0.05, 0) is 55.1 Å². The van der Waals surface area contributed by atoms with Crippen molar-refractivity contribution < 1.29 is 22.3 Å². The van der Waals surface area contributed by atoms with Crippen LogP contribution in [0.2, 0.25) is 0 Å². The van der Waals surface area contributed by atoms with Crippen molar-refractivity contribution in [2.75, 3.05) is 50.7 Å². The van der Waals surface area contributed by atoms with Gasteiger partial charge in [-0.2, -0.15) is 0 Å². The molecule has 0 unspecified atom stereocenters. The number of methoxy groups -OCH3 is 1. The number of ether oxygens (including phenoxy) is 1. The number of hydrogen-bond donors (Lipinski definition) is 0. The fraction of sp³-hybridized carbons (Fsp3) is 0.381. The van der Waals surface area contributed by atoms with Gasteiger partial charge in [-0.15, -0.1) is 0 Å². The lowest BCUT2D eigenvalue weighted by molar-refractivity contribution is -0.131. The van der Waals surface area contributed by atoms with E-state index in [1.807, 2.05) is 0 Å². The van der Waals surface area contributed by atoms with Crippen LogP contribution in [0.25, 0.3) is 0 Å². The quantitative estimate of drug-likeness (QED) is 0.667. The third-order valence-electron chi connectivity index (χ3n) is 5.21. The predicted molar refractivity (Wildman–Crippen MR) is 113 cm³/mol. The second kappa shape index (κ2) is 9.44. The smallest absolute Gasteiger partial charge is 0.264 e. The van der Waals surface area contributed by atoms with Crippen molar-refractivity contribution in [1.29, 1.82) is 0 Å². The summed E-state index contributed by atoms with van der Waals surface area (Å²) in [5.74, 6) is -0.248. The lowest BCUT2D eigenvalue weighted by atomic mass is 10.3. The number of hydrogen-bond acceptors (Lipinski definition) is 5. The molecule has 162 valence electrons. The summed E-state index contributed by atoms with van der Waals surface area (Å²) in [5.41, 5.74) is 0.229. The number of carbonyl (C=O) groups is 1. The van der Waals surface area contributed by atoms with Crippen LogP contribution in [0.5, 0.6) is 5.75 Å². The molecule has 3 rings (SSSR count). The van der Waals surface area contributed by atoms with E-state index in [-0.39, 0.29) is 23.0 Å². The normalized spacial score (nSPS) is 15.1. The predicted octanol–water partition coefficient (Wildman–Crippen LogP) is 2.19. The zero-order valence-electron chi connectivity index (χ0n) is 17.1.